The van der Waals surface area contributed by atoms with E-state index < -0.39 is 21.4 Å². The molecule has 0 bridgehead atoms. The van der Waals surface area contributed by atoms with Gasteiger partial charge in [-0.3, -0.25) is 5.01 Å². The Bertz CT molecular complexity index is 679. The number of aliphatic carboxylic acids is 1. The van der Waals surface area contributed by atoms with Crippen LogP contribution in [0.5, 0.6) is 0 Å². The van der Waals surface area contributed by atoms with Gasteiger partial charge in [-0.15, -0.1) is 16.9 Å². The molecular formula is C12H15KN4O4S2. The van der Waals surface area contributed by atoms with Crippen molar-refractivity contribution in [3.8, 4) is 0 Å². The molecule has 11 heteroatoms. The number of hydrogen-bond acceptors (Lipinski definition) is 7. The monoisotopic (exact) mass is 382 g/mol. The molecule has 2 rings (SSSR count). The second-order valence-corrected chi connectivity index (χ2v) is 7.77. The molecule has 0 N–H and O–H groups in total. The minimum Gasteiger partial charge on any atom is -0.547 e. The van der Waals surface area contributed by atoms with Crippen LogP contribution in [0.3, 0.4) is 0 Å². The summed E-state index contributed by atoms with van der Waals surface area (Å²) in [6.07, 6.45) is 0. The minimum atomic E-state index is -3.87. The molecule has 120 valence electrons. The molecule has 0 saturated carbocycles. The summed E-state index contributed by atoms with van der Waals surface area (Å²) in [5, 5.41) is 19.1. The zero-order valence-corrected chi connectivity index (χ0v) is 17.8. The van der Waals surface area contributed by atoms with Crippen LogP contribution in [0.25, 0.3) is 0 Å². The molecule has 0 radical (unpaired) electrons. The Balaban J connectivity index is 0.00000264. The van der Waals surface area contributed by atoms with Gasteiger partial charge in [0.2, 0.25) is 10.0 Å². The van der Waals surface area contributed by atoms with Gasteiger partial charge < -0.3 is 9.90 Å². The van der Waals surface area contributed by atoms with Crippen LogP contribution in [0, 0.1) is 0 Å². The van der Waals surface area contributed by atoms with Gasteiger partial charge in [0.1, 0.15) is 5.37 Å². The van der Waals surface area contributed by atoms with Crippen molar-refractivity contribution in [1.29, 1.82) is 0 Å². The summed E-state index contributed by atoms with van der Waals surface area (Å²) in [7, 11) is -0.441. The Labute approximate surface area is 181 Å². The Hall–Kier alpha value is -0.0136. The molecule has 1 aromatic carbocycles. The van der Waals surface area contributed by atoms with Crippen LogP contribution in [0.2, 0.25) is 0 Å². The van der Waals surface area contributed by atoms with Gasteiger partial charge in [-0.1, -0.05) is 5.22 Å². The van der Waals surface area contributed by atoms with E-state index in [-0.39, 0.29) is 62.8 Å². The summed E-state index contributed by atoms with van der Waals surface area (Å²) >= 11 is 1.04. The van der Waals surface area contributed by atoms with Crippen molar-refractivity contribution in [2.75, 3.05) is 26.4 Å². The molecule has 1 saturated heterocycles. The molecule has 1 aromatic rings. The van der Waals surface area contributed by atoms with E-state index in [4.69, 9.17) is 0 Å². The number of carboxylic acid groups (broad SMARTS) is 1. The fraction of sp³-hybridized carbons (Fsp3) is 0.417. The summed E-state index contributed by atoms with van der Waals surface area (Å²) < 4.78 is 25.9. The number of benzene rings is 1. The Morgan fingerprint density at radius 2 is 1.96 bits per heavy atom. The first-order chi connectivity index (χ1) is 10.3. The van der Waals surface area contributed by atoms with Crippen molar-refractivity contribution in [3.63, 3.8) is 0 Å². The fourth-order valence-electron chi connectivity index (χ4n) is 1.85. The Morgan fingerprint density at radius 1 is 1.35 bits per heavy atom. The molecule has 0 aromatic heterocycles. The quantitative estimate of drug-likeness (QED) is 0.307. The van der Waals surface area contributed by atoms with E-state index in [1.807, 2.05) is 0 Å². The minimum absolute atomic E-state index is 0. The van der Waals surface area contributed by atoms with Gasteiger partial charge in [0.25, 0.3) is 0 Å². The normalized spacial score (nSPS) is 18.8. The third kappa shape index (κ3) is 5.23. The molecule has 1 aliphatic heterocycles. The smallest absolute Gasteiger partial charge is 0.547 e. The van der Waals surface area contributed by atoms with E-state index in [0.717, 1.165) is 16.1 Å². The molecule has 1 aliphatic rings. The summed E-state index contributed by atoms with van der Waals surface area (Å²) in [4.78, 5) is 11.0. The van der Waals surface area contributed by atoms with Crippen LogP contribution in [-0.2, 0) is 14.8 Å². The maximum Gasteiger partial charge on any atom is 1.00 e. The predicted molar refractivity (Wildman–Crippen MR) is 79.8 cm³/mol. The van der Waals surface area contributed by atoms with Gasteiger partial charge in [-0.05, 0) is 24.3 Å². The fourth-order valence-corrected chi connectivity index (χ4v) is 4.84. The summed E-state index contributed by atoms with van der Waals surface area (Å²) in [6.45, 7) is 0.147. The van der Waals surface area contributed by atoms with Crippen molar-refractivity contribution in [2.45, 2.75) is 10.3 Å². The van der Waals surface area contributed by atoms with Crippen LogP contribution in [0.4, 0.5) is 5.69 Å². The number of thioether (sulfide) groups is 1. The third-order valence-electron chi connectivity index (χ3n) is 2.83. The number of carbonyl (C=O) groups excluding carboxylic acids is 1. The molecular weight excluding hydrogens is 367 g/mol. The number of hydrogen-bond donors (Lipinski definition) is 0. The van der Waals surface area contributed by atoms with Crippen molar-refractivity contribution in [1.82, 2.24) is 9.31 Å². The standard InChI is InChI=1S/C12H16N4O4S2.K/c1-15(2)14-13-9-3-5-10(6-4-9)22(19,20)16-7-8-21-11(16)12(17)18;/h3-6,11H,7-8H2,1-2H3,(H,17,18);/q;+1/p-1. The Kier molecular flexibility index (Phi) is 8.14. The van der Waals surface area contributed by atoms with Crippen LogP contribution >= 0.6 is 11.8 Å². The maximum absolute atomic E-state index is 12.5. The zero-order valence-electron chi connectivity index (χ0n) is 13.0. The van der Waals surface area contributed by atoms with E-state index in [9.17, 15) is 18.3 Å². The van der Waals surface area contributed by atoms with E-state index in [1.165, 1.54) is 29.3 Å². The number of sulfonamides is 1. The second-order valence-electron chi connectivity index (χ2n) is 4.69. The molecule has 0 spiro atoms. The van der Waals surface area contributed by atoms with Crippen molar-refractivity contribution < 1.29 is 69.7 Å². The SMILES string of the molecule is CN(C)N=Nc1ccc(S(=O)(=O)N2CCSC2C(=O)[O-])cc1.[K+]. The molecule has 8 nitrogen and oxygen atoms in total. The summed E-state index contributed by atoms with van der Waals surface area (Å²) in [5.41, 5.74) is 0.500. The first kappa shape index (κ1) is 21.0. The largest absolute Gasteiger partial charge is 1.00 e. The van der Waals surface area contributed by atoms with Crippen molar-refractivity contribution in [2.24, 2.45) is 10.3 Å². The van der Waals surface area contributed by atoms with Crippen molar-refractivity contribution in [3.05, 3.63) is 24.3 Å². The number of nitrogens with zero attached hydrogens (tertiary/aromatic N) is 4. The predicted octanol–water partition coefficient (Wildman–Crippen LogP) is -2.94. The van der Waals surface area contributed by atoms with Gasteiger partial charge in [0.05, 0.1) is 16.6 Å². The van der Waals surface area contributed by atoms with Gasteiger partial charge in [-0.2, -0.15) is 4.31 Å². The van der Waals surface area contributed by atoms with Gasteiger partial charge in [-0.25, -0.2) is 8.42 Å². The van der Waals surface area contributed by atoms with Gasteiger partial charge >= 0.3 is 51.4 Å². The van der Waals surface area contributed by atoms with E-state index in [2.05, 4.69) is 10.3 Å². The molecule has 1 unspecified atom stereocenters. The first-order valence-electron chi connectivity index (χ1n) is 6.36. The zero-order chi connectivity index (χ0) is 16.3. The van der Waals surface area contributed by atoms with E-state index >= 15 is 0 Å². The topological polar surface area (TPSA) is 105 Å². The van der Waals surface area contributed by atoms with Crippen LogP contribution < -0.4 is 56.5 Å². The number of carboxylic acids is 1. The molecule has 1 atom stereocenters. The van der Waals surface area contributed by atoms with Crippen LogP contribution in [0.15, 0.2) is 39.5 Å². The second kappa shape index (κ2) is 8.90. The van der Waals surface area contributed by atoms with Gasteiger partial charge in [0, 0.05) is 26.4 Å². The van der Waals surface area contributed by atoms with Crippen molar-refractivity contribution >= 4 is 33.4 Å². The number of carbonyl (C=O) groups is 1. The average Bonchev–Trinajstić information content (AvgIpc) is 2.96. The van der Waals surface area contributed by atoms with E-state index in [0.29, 0.717) is 11.4 Å². The Morgan fingerprint density at radius 3 is 2.48 bits per heavy atom. The first-order valence-corrected chi connectivity index (χ1v) is 8.84. The summed E-state index contributed by atoms with van der Waals surface area (Å²) in [6, 6.07) is 5.79. The van der Waals surface area contributed by atoms with Crippen LogP contribution in [-0.4, -0.2) is 55.5 Å². The number of rotatable bonds is 5. The molecule has 1 fully saturated rings. The third-order valence-corrected chi connectivity index (χ3v) is 6.03. The van der Waals surface area contributed by atoms with Crippen LogP contribution in [0.1, 0.15) is 0 Å². The maximum atomic E-state index is 12.5. The summed E-state index contributed by atoms with van der Waals surface area (Å²) in [5.74, 6) is -0.977. The average molecular weight is 383 g/mol. The molecule has 23 heavy (non-hydrogen) atoms. The molecule has 1 heterocycles. The molecule has 0 aliphatic carbocycles. The van der Waals surface area contributed by atoms with Gasteiger partial charge in [0.15, 0.2) is 0 Å². The van der Waals surface area contributed by atoms with E-state index in [1.54, 1.807) is 14.1 Å². The molecule has 0 amide bonds.